The number of hydrogen-bond donors (Lipinski definition) is 2. The zero-order valence-corrected chi connectivity index (χ0v) is 15.7. The summed E-state index contributed by atoms with van der Waals surface area (Å²) in [5, 5.41) is 14.4. The fraction of sp³-hybridized carbons (Fsp3) is 0.381. The Labute approximate surface area is 163 Å². The van der Waals surface area contributed by atoms with Gasteiger partial charge in [-0.15, -0.1) is 0 Å². The molecule has 144 valence electrons. The number of hydrogen-bond acceptors (Lipinski definition) is 3. The third-order valence-electron chi connectivity index (χ3n) is 5.12. The van der Waals surface area contributed by atoms with Crippen molar-refractivity contribution in [2.24, 2.45) is 5.92 Å². The van der Waals surface area contributed by atoms with Crippen LogP contribution in [0.2, 0.25) is 5.02 Å². The maximum atomic E-state index is 13.9. The van der Waals surface area contributed by atoms with Gasteiger partial charge in [-0.05, 0) is 36.5 Å². The van der Waals surface area contributed by atoms with E-state index in [1.54, 1.807) is 6.07 Å². The molecule has 0 spiro atoms. The van der Waals surface area contributed by atoms with E-state index in [1.165, 1.54) is 12.1 Å². The van der Waals surface area contributed by atoms with E-state index >= 15 is 0 Å². The van der Waals surface area contributed by atoms with Gasteiger partial charge in [0.25, 0.3) is 0 Å². The predicted molar refractivity (Wildman–Crippen MR) is 102 cm³/mol. The minimum absolute atomic E-state index is 0.0361. The SMILES string of the molecule is O=C(Cc1c(F)cccc1Cl)NCC(O)(c1ccccc1)C1CCOCC1. The number of nitrogens with one attached hydrogen (secondary N) is 1. The van der Waals surface area contributed by atoms with Crippen LogP contribution in [0, 0.1) is 11.7 Å². The first kappa shape index (κ1) is 19.8. The molecule has 1 atom stereocenters. The van der Waals surface area contributed by atoms with E-state index in [4.69, 9.17) is 16.3 Å². The molecule has 2 N–H and O–H groups in total. The first-order valence-electron chi connectivity index (χ1n) is 9.06. The maximum absolute atomic E-state index is 13.9. The summed E-state index contributed by atoms with van der Waals surface area (Å²) in [6.45, 7) is 1.21. The lowest BCUT2D eigenvalue weighted by atomic mass is 9.77. The molecule has 0 aromatic heterocycles. The van der Waals surface area contributed by atoms with Gasteiger partial charge in [0.05, 0.1) is 13.0 Å². The van der Waals surface area contributed by atoms with Crippen molar-refractivity contribution in [3.8, 4) is 0 Å². The Bertz CT molecular complexity index is 760. The maximum Gasteiger partial charge on any atom is 0.224 e. The fourth-order valence-corrected chi connectivity index (χ4v) is 3.77. The number of ether oxygens (including phenoxy) is 1. The molecule has 1 fully saturated rings. The summed E-state index contributed by atoms with van der Waals surface area (Å²) in [4.78, 5) is 12.4. The summed E-state index contributed by atoms with van der Waals surface area (Å²) in [6.07, 6.45) is 1.24. The lowest BCUT2D eigenvalue weighted by Crippen LogP contribution is -2.48. The van der Waals surface area contributed by atoms with Crippen LogP contribution in [0.25, 0.3) is 0 Å². The monoisotopic (exact) mass is 391 g/mol. The molecule has 1 amide bonds. The lowest BCUT2D eigenvalue weighted by Gasteiger charge is -2.39. The molecule has 0 aliphatic carbocycles. The van der Waals surface area contributed by atoms with Crippen LogP contribution < -0.4 is 5.32 Å². The Morgan fingerprint density at radius 1 is 1.19 bits per heavy atom. The second kappa shape index (κ2) is 8.83. The van der Waals surface area contributed by atoms with Crippen LogP contribution in [0.3, 0.4) is 0 Å². The highest BCUT2D eigenvalue weighted by atomic mass is 35.5. The van der Waals surface area contributed by atoms with Crippen molar-refractivity contribution >= 4 is 17.5 Å². The van der Waals surface area contributed by atoms with Gasteiger partial charge in [0, 0.05) is 23.8 Å². The normalized spacial score (nSPS) is 17.3. The fourth-order valence-electron chi connectivity index (χ4n) is 3.54. The Hall–Kier alpha value is -1.95. The van der Waals surface area contributed by atoms with Gasteiger partial charge in [0.15, 0.2) is 0 Å². The summed E-state index contributed by atoms with van der Waals surface area (Å²) in [5.41, 5.74) is -0.299. The molecule has 0 saturated carbocycles. The molecule has 2 aromatic rings. The minimum Gasteiger partial charge on any atom is -0.383 e. The standard InChI is InChI=1S/C21H23ClFNO3/c22-18-7-4-8-19(23)17(18)13-20(25)24-14-21(26,15-5-2-1-3-6-15)16-9-11-27-12-10-16/h1-8,16,26H,9-14H2,(H,24,25). The Balaban J connectivity index is 1.74. The van der Waals surface area contributed by atoms with Crippen molar-refractivity contribution in [1.29, 1.82) is 0 Å². The number of halogens is 2. The van der Waals surface area contributed by atoms with E-state index in [1.807, 2.05) is 30.3 Å². The third-order valence-corrected chi connectivity index (χ3v) is 5.48. The van der Waals surface area contributed by atoms with Crippen molar-refractivity contribution in [1.82, 2.24) is 5.32 Å². The van der Waals surface area contributed by atoms with Gasteiger partial charge in [-0.2, -0.15) is 0 Å². The average molecular weight is 392 g/mol. The molecule has 0 radical (unpaired) electrons. The largest absolute Gasteiger partial charge is 0.383 e. The highest BCUT2D eigenvalue weighted by Gasteiger charge is 2.39. The topological polar surface area (TPSA) is 58.6 Å². The van der Waals surface area contributed by atoms with Gasteiger partial charge in [0.2, 0.25) is 5.91 Å². The molecule has 3 rings (SSSR count). The highest BCUT2D eigenvalue weighted by Crippen LogP contribution is 2.35. The van der Waals surface area contributed by atoms with Crippen molar-refractivity contribution < 1.29 is 19.0 Å². The zero-order chi connectivity index (χ0) is 19.3. The molecule has 4 nitrogen and oxygen atoms in total. The van der Waals surface area contributed by atoms with Crippen LogP contribution in [0.4, 0.5) is 4.39 Å². The van der Waals surface area contributed by atoms with E-state index in [2.05, 4.69) is 5.32 Å². The predicted octanol–water partition coefficient (Wildman–Crippen LogP) is 3.45. The van der Waals surface area contributed by atoms with E-state index in [0.717, 1.165) is 5.56 Å². The van der Waals surface area contributed by atoms with Crippen LogP contribution in [-0.2, 0) is 21.6 Å². The molecule has 0 bridgehead atoms. The Kier molecular flexibility index (Phi) is 6.47. The first-order valence-corrected chi connectivity index (χ1v) is 9.44. The smallest absolute Gasteiger partial charge is 0.224 e. The van der Waals surface area contributed by atoms with Gasteiger partial charge >= 0.3 is 0 Å². The summed E-state index contributed by atoms with van der Waals surface area (Å²) in [7, 11) is 0. The number of carbonyl (C=O) groups is 1. The van der Waals surface area contributed by atoms with Gasteiger partial charge in [-0.1, -0.05) is 48.0 Å². The number of carbonyl (C=O) groups excluding carboxylic acids is 1. The van der Waals surface area contributed by atoms with E-state index < -0.39 is 11.4 Å². The molecular weight excluding hydrogens is 369 g/mol. The Morgan fingerprint density at radius 2 is 1.89 bits per heavy atom. The average Bonchev–Trinajstić information content (AvgIpc) is 2.70. The minimum atomic E-state index is -1.21. The quantitative estimate of drug-likeness (QED) is 0.792. The zero-order valence-electron chi connectivity index (χ0n) is 15.0. The molecule has 27 heavy (non-hydrogen) atoms. The molecule has 2 aromatic carbocycles. The summed E-state index contributed by atoms with van der Waals surface area (Å²) >= 11 is 6.00. The van der Waals surface area contributed by atoms with Crippen molar-refractivity contribution in [3.05, 3.63) is 70.5 Å². The van der Waals surface area contributed by atoms with Crippen LogP contribution in [0.5, 0.6) is 0 Å². The van der Waals surface area contributed by atoms with Gasteiger partial charge in [-0.25, -0.2) is 4.39 Å². The van der Waals surface area contributed by atoms with E-state index in [0.29, 0.717) is 26.1 Å². The number of amides is 1. The summed E-state index contributed by atoms with van der Waals surface area (Å²) < 4.78 is 19.3. The first-order chi connectivity index (χ1) is 13.0. The van der Waals surface area contributed by atoms with Crippen LogP contribution >= 0.6 is 11.6 Å². The lowest BCUT2D eigenvalue weighted by molar-refractivity contribution is -0.123. The van der Waals surface area contributed by atoms with Crippen molar-refractivity contribution in [2.45, 2.75) is 24.9 Å². The third kappa shape index (κ3) is 4.67. The molecule has 1 aliphatic heterocycles. The summed E-state index contributed by atoms with van der Waals surface area (Å²) in [5.74, 6) is -0.935. The number of aliphatic hydroxyl groups is 1. The second-order valence-electron chi connectivity index (χ2n) is 6.83. The Morgan fingerprint density at radius 3 is 2.56 bits per heavy atom. The van der Waals surface area contributed by atoms with Gasteiger partial charge in [0.1, 0.15) is 11.4 Å². The second-order valence-corrected chi connectivity index (χ2v) is 7.24. The van der Waals surface area contributed by atoms with Gasteiger partial charge in [-0.3, -0.25) is 4.79 Å². The van der Waals surface area contributed by atoms with Gasteiger partial charge < -0.3 is 15.2 Å². The van der Waals surface area contributed by atoms with Crippen molar-refractivity contribution in [2.75, 3.05) is 19.8 Å². The van der Waals surface area contributed by atoms with Crippen LogP contribution in [0.15, 0.2) is 48.5 Å². The van der Waals surface area contributed by atoms with Crippen molar-refractivity contribution in [3.63, 3.8) is 0 Å². The molecule has 1 heterocycles. The summed E-state index contributed by atoms with van der Waals surface area (Å²) in [6, 6.07) is 13.6. The molecule has 1 aliphatic rings. The van der Waals surface area contributed by atoms with Crippen LogP contribution in [-0.4, -0.2) is 30.8 Å². The molecular formula is C21H23ClFNO3. The van der Waals surface area contributed by atoms with E-state index in [-0.39, 0.29) is 35.4 Å². The van der Waals surface area contributed by atoms with E-state index in [9.17, 15) is 14.3 Å². The highest BCUT2D eigenvalue weighted by molar-refractivity contribution is 6.31. The molecule has 1 unspecified atom stereocenters. The molecule has 6 heteroatoms. The number of benzene rings is 2. The molecule has 1 saturated heterocycles. The number of rotatable bonds is 6. The van der Waals surface area contributed by atoms with Crippen LogP contribution in [0.1, 0.15) is 24.0 Å².